The van der Waals surface area contributed by atoms with E-state index in [1.54, 1.807) is 7.11 Å². The van der Waals surface area contributed by atoms with E-state index in [0.29, 0.717) is 0 Å². The average molecular weight is 127 g/mol. The van der Waals surface area contributed by atoms with Gasteiger partial charge in [-0.3, -0.25) is 0 Å². The summed E-state index contributed by atoms with van der Waals surface area (Å²) in [6.07, 6.45) is 7.86. The zero-order chi connectivity index (χ0) is 6.53. The molecule has 1 heterocycles. The first-order valence-corrected chi connectivity index (χ1v) is 3.37. The molecule has 0 aromatic heterocycles. The minimum absolute atomic E-state index is 0.240. The molecule has 1 atom stereocenters. The van der Waals surface area contributed by atoms with Crippen molar-refractivity contribution >= 4 is 0 Å². The third-order valence-electron chi connectivity index (χ3n) is 1.52. The van der Waals surface area contributed by atoms with Crippen molar-refractivity contribution in [1.82, 2.24) is 5.32 Å². The highest BCUT2D eigenvalue weighted by Gasteiger charge is 2.04. The van der Waals surface area contributed by atoms with Crippen LogP contribution in [0, 0.1) is 0 Å². The van der Waals surface area contributed by atoms with Crippen LogP contribution in [0.15, 0.2) is 12.3 Å². The van der Waals surface area contributed by atoms with Gasteiger partial charge >= 0.3 is 0 Å². The highest BCUT2D eigenvalue weighted by molar-refractivity contribution is 4.84. The van der Waals surface area contributed by atoms with Crippen molar-refractivity contribution in [3.63, 3.8) is 0 Å². The van der Waals surface area contributed by atoms with Crippen molar-refractivity contribution in [3.8, 4) is 0 Å². The second-order valence-corrected chi connectivity index (χ2v) is 2.22. The molecule has 0 saturated carbocycles. The van der Waals surface area contributed by atoms with E-state index < -0.39 is 0 Å². The van der Waals surface area contributed by atoms with Crippen LogP contribution in [0.5, 0.6) is 0 Å². The summed E-state index contributed by atoms with van der Waals surface area (Å²) in [7, 11) is 1.73. The van der Waals surface area contributed by atoms with Gasteiger partial charge in [-0.2, -0.15) is 0 Å². The van der Waals surface area contributed by atoms with Crippen LogP contribution in [0.2, 0.25) is 0 Å². The Morgan fingerprint density at radius 3 is 3.33 bits per heavy atom. The molecule has 1 unspecified atom stereocenters. The van der Waals surface area contributed by atoms with Gasteiger partial charge in [0, 0.05) is 7.11 Å². The minimum Gasteiger partial charge on any atom is -0.367 e. The van der Waals surface area contributed by atoms with Gasteiger partial charge in [-0.05, 0) is 25.5 Å². The number of nitrogens with one attached hydrogen (secondary N) is 1. The van der Waals surface area contributed by atoms with Crippen LogP contribution in [0.25, 0.3) is 0 Å². The van der Waals surface area contributed by atoms with Crippen LogP contribution < -0.4 is 5.32 Å². The van der Waals surface area contributed by atoms with E-state index in [-0.39, 0.29) is 6.23 Å². The highest BCUT2D eigenvalue weighted by atomic mass is 16.5. The lowest BCUT2D eigenvalue weighted by atomic mass is 10.2. The molecular formula is C7H13NO. The number of allylic oxidation sites excluding steroid dienone is 1. The summed E-state index contributed by atoms with van der Waals surface area (Å²) >= 11 is 0. The molecule has 1 aliphatic rings. The quantitative estimate of drug-likeness (QED) is 0.572. The SMILES string of the molecule is COC1CCCC=CN1. The fourth-order valence-electron chi connectivity index (χ4n) is 0.949. The van der Waals surface area contributed by atoms with E-state index >= 15 is 0 Å². The summed E-state index contributed by atoms with van der Waals surface area (Å²) in [4.78, 5) is 0. The normalized spacial score (nSPS) is 27.0. The molecule has 1 aliphatic heterocycles. The van der Waals surface area contributed by atoms with Gasteiger partial charge in [0.25, 0.3) is 0 Å². The Bertz CT molecular complexity index is 101. The monoisotopic (exact) mass is 127 g/mol. The van der Waals surface area contributed by atoms with Gasteiger partial charge in [-0.1, -0.05) is 6.08 Å². The predicted octanol–water partition coefficient (Wildman–Crippen LogP) is 1.25. The lowest BCUT2D eigenvalue weighted by molar-refractivity contribution is 0.0790. The molecule has 0 aromatic carbocycles. The predicted molar refractivity (Wildman–Crippen MR) is 36.9 cm³/mol. The Kier molecular flexibility index (Phi) is 2.58. The van der Waals surface area contributed by atoms with Crippen molar-refractivity contribution in [2.24, 2.45) is 0 Å². The average Bonchev–Trinajstić information content (AvgIpc) is 2.13. The number of ether oxygens (including phenoxy) is 1. The van der Waals surface area contributed by atoms with Gasteiger partial charge in [0.2, 0.25) is 0 Å². The molecule has 0 bridgehead atoms. The summed E-state index contributed by atoms with van der Waals surface area (Å²) in [6, 6.07) is 0. The molecule has 0 aliphatic carbocycles. The molecule has 0 fully saturated rings. The molecule has 1 N–H and O–H groups in total. The van der Waals surface area contributed by atoms with Crippen LogP contribution in [-0.4, -0.2) is 13.3 Å². The molecule has 2 heteroatoms. The van der Waals surface area contributed by atoms with Gasteiger partial charge in [-0.25, -0.2) is 0 Å². The molecule has 52 valence electrons. The van der Waals surface area contributed by atoms with E-state index in [4.69, 9.17) is 4.74 Å². The van der Waals surface area contributed by atoms with Gasteiger partial charge in [-0.15, -0.1) is 0 Å². The maximum absolute atomic E-state index is 5.11. The summed E-state index contributed by atoms with van der Waals surface area (Å²) in [5, 5.41) is 3.13. The number of methoxy groups -OCH3 is 1. The first-order valence-electron chi connectivity index (χ1n) is 3.37. The smallest absolute Gasteiger partial charge is 0.126 e. The molecule has 9 heavy (non-hydrogen) atoms. The van der Waals surface area contributed by atoms with Crippen LogP contribution in [-0.2, 0) is 4.74 Å². The first-order chi connectivity index (χ1) is 4.43. The molecule has 0 amide bonds. The summed E-state index contributed by atoms with van der Waals surface area (Å²) in [5.41, 5.74) is 0. The highest BCUT2D eigenvalue weighted by Crippen LogP contribution is 2.05. The first kappa shape index (κ1) is 6.62. The lowest BCUT2D eigenvalue weighted by Crippen LogP contribution is -2.24. The molecule has 0 saturated heterocycles. The van der Waals surface area contributed by atoms with Crippen molar-refractivity contribution < 1.29 is 4.74 Å². The standard InChI is InChI=1S/C7H13NO/c1-9-7-5-3-2-4-6-8-7/h4,6-8H,2-3,5H2,1H3. The Balaban J connectivity index is 2.29. The summed E-state index contributed by atoms with van der Waals surface area (Å²) < 4.78 is 5.11. The van der Waals surface area contributed by atoms with E-state index in [1.165, 1.54) is 12.8 Å². The maximum atomic E-state index is 5.11. The lowest BCUT2D eigenvalue weighted by Gasteiger charge is -2.11. The molecule has 0 spiro atoms. The van der Waals surface area contributed by atoms with Crippen LogP contribution in [0.1, 0.15) is 19.3 Å². The van der Waals surface area contributed by atoms with Crippen molar-refractivity contribution in [3.05, 3.63) is 12.3 Å². The largest absolute Gasteiger partial charge is 0.367 e. The Morgan fingerprint density at radius 1 is 1.67 bits per heavy atom. The third kappa shape index (κ3) is 2.06. The second kappa shape index (κ2) is 3.51. The molecule has 0 radical (unpaired) electrons. The van der Waals surface area contributed by atoms with E-state index in [1.807, 2.05) is 6.20 Å². The Hall–Kier alpha value is -0.500. The van der Waals surface area contributed by atoms with E-state index in [0.717, 1.165) is 6.42 Å². The fourth-order valence-corrected chi connectivity index (χ4v) is 0.949. The van der Waals surface area contributed by atoms with Crippen LogP contribution in [0.4, 0.5) is 0 Å². The summed E-state index contributed by atoms with van der Waals surface area (Å²) in [6.45, 7) is 0. The Morgan fingerprint density at radius 2 is 2.56 bits per heavy atom. The third-order valence-corrected chi connectivity index (χ3v) is 1.52. The van der Waals surface area contributed by atoms with Gasteiger partial charge in [0.1, 0.15) is 6.23 Å². The van der Waals surface area contributed by atoms with E-state index in [9.17, 15) is 0 Å². The van der Waals surface area contributed by atoms with Crippen molar-refractivity contribution in [2.45, 2.75) is 25.5 Å². The Labute approximate surface area is 55.9 Å². The fraction of sp³-hybridized carbons (Fsp3) is 0.714. The van der Waals surface area contributed by atoms with Crippen molar-refractivity contribution in [2.75, 3.05) is 7.11 Å². The molecular weight excluding hydrogens is 114 g/mol. The summed E-state index contributed by atoms with van der Waals surface area (Å²) in [5.74, 6) is 0. The van der Waals surface area contributed by atoms with Crippen molar-refractivity contribution in [1.29, 1.82) is 0 Å². The molecule has 1 rings (SSSR count). The zero-order valence-electron chi connectivity index (χ0n) is 5.76. The number of rotatable bonds is 1. The molecule has 0 aromatic rings. The number of hydrogen-bond donors (Lipinski definition) is 1. The number of hydrogen-bond acceptors (Lipinski definition) is 2. The maximum Gasteiger partial charge on any atom is 0.126 e. The zero-order valence-corrected chi connectivity index (χ0v) is 5.76. The van der Waals surface area contributed by atoms with Crippen LogP contribution >= 0.6 is 0 Å². The van der Waals surface area contributed by atoms with Gasteiger partial charge < -0.3 is 10.1 Å². The minimum atomic E-state index is 0.240. The van der Waals surface area contributed by atoms with Gasteiger partial charge in [0.15, 0.2) is 0 Å². The van der Waals surface area contributed by atoms with E-state index in [2.05, 4.69) is 11.4 Å². The van der Waals surface area contributed by atoms with Crippen LogP contribution in [0.3, 0.4) is 0 Å². The second-order valence-electron chi connectivity index (χ2n) is 2.22. The topological polar surface area (TPSA) is 21.3 Å². The van der Waals surface area contributed by atoms with Gasteiger partial charge in [0.05, 0.1) is 0 Å². The molecule has 2 nitrogen and oxygen atoms in total.